The molecule has 0 N–H and O–H groups in total. The van der Waals surface area contributed by atoms with E-state index in [1.807, 2.05) is 35.9 Å². The van der Waals surface area contributed by atoms with Crippen molar-refractivity contribution in [2.24, 2.45) is 17.3 Å². The van der Waals surface area contributed by atoms with Gasteiger partial charge in [-0.2, -0.15) is 5.10 Å². The van der Waals surface area contributed by atoms with Crippen LogP contribution in [-0.4, -0.2) is 15.7 Å². The van der Waals surface area contributed by atoms with Crippen LogP contribution in [-0.2, 0) is 7.05 Å². The van der Waals surface area contributed by atoms with E-state index in [-0.39, 0.29) is 17.0 Å². The van der Waals surface area contributed by atoms with E-state index in [1.54, 1.807) is 0 Å². The number of nitro benzene ring substituents is 1. The van der Waals surface area contributed by atoms with Crippen LogP contribution < -0.4 is 9.91 Å². The molecule has 0 unspecified atom stereocenters. The maximum absolute atomic E-state index is 11.7. The first kappa shape index (κ1) is 14.9. The molecule has 0 spiro atoms. The average molecular weight is 327 g/mol. The van der Waals surface area contributed by atoms with Gasteiger partial charge in [-0.05, 0) is 17.7 Å². The molecule has 0 fully saturated rings. The van der Waals surface area contributed by atoms with E-state index in [2.05, 4.69) is 10.2 Å². The van der Waals surface area contributed by atoms with E-state index in [4.69, 9.17) is 0 Å². The van der Waals surface area contributed by atoms with Crippen LogP contribution in [0.2, 0.25) is 0 Å². The molecule has 0 saturated heterocycles. The summed E-state index contributed by atoms with van der Waals surface area (Å²) in [5, 5.41) is 30.4. The van der Waals surface area contributed by atoms with Crippen molar-refractivity contribution >= 4 is 33.5 Å². The standard InChI is InChI=1S/C15H12N4O3S/c1-18-12-4-2-3-5-14(12)23-15(18)17-16-9-10-8-11(19(21)22)6-7-13(10)20/h2-9,20H,1H3/p-1/b16-9-,17-15-. The van der Waals surface area contributed by atoms with Gasteiger partial charge in [0.1, 0.15) is 0 Å². The number of hydrogen-bond acceptors (Lipinski definition) is 6. The van der Waals surface area contributed by atoms with Crippen molar-refractivity contribution in [1.29, 1.82) is 0 Å². The third-order valence-electron chi connectivity index (χ3n) is 3.26. The number of thiazole rings is 1. The molecule has 2 aromatic carbocycles. The van der Waals surface area contributed by atoms with Crippen LogP contribution in [0.4, 0.5) is 5.69 Å². The van der Waals surface area contributed by atoms with E-state index >= 15 is 0 Å². The number of nitrogens with zero attached hydrogens (tertiary/aromatic N) is 4. The molecule has 23 heavy (non-hydrogen) atoms. The van der Waals surface area contributed by atoms with Crippen molar-refractivity contribution in [3.8, 4) is 5.75 Å². The fourth-order valence-electron chi connectivity index (χ4n) is 2.07. The van der Waals surface area contributed by atoms with Gasteiger partial charge in [0, 0.05) is 19.2 Å². The summed E-state index contributed by atoms with van der Waals surface area (Å²) >= 11 is 1.47. The molecule has 0 saturated carbocycles. The topological polar surface area (TPSA) is 95.8 Å². The van der Waals surface area contributed by atoms with Crippen molar-refractivity contribution in [1.82, 2.24) is 4.57 Å². The van der Waals surface area contributed by atoms with Crippen molar-refractivity contribution in [2.45, 2.75) is 0 Å². The van der Waals surface area contributed by atoms with Gasteiger partial charge < -0.3 is 9.67 Å². The molecular weight excluding hydrogens is 316 g/mol. The van der Waals surface area contributed by atoms with Gasteiger partial charge >= 0.3 is 0 Å². The van der Waals surface area contributed by atoms with Gasteiger partial charge in [0.05, 0.1) is 21.4 Å². The minimum atomic E-state index is -0.556. The van der Waals surface area contributed by atoms with Gasteiger partial charge in [0.15, 0.2) is 0 Å². The summed E-state index contributed by atoms with van der Waals surface area (Å²) in [6.07, 6.45) is 1.24. The molecule has 1 aromatic heterocycles. The average Bonchev–Trinajstić information content (AvgIpc) is 2.86. The smallest absolute Gasteiger partial charge is 0.270 e. The largest absolute Gasteiger partial charge is 0.872 e. The Morgan fingerprint density at radius 3 is 2.78 bits per heavy atom. The summed E-state index contributed by atoms with van der Waals surface area (Å²) in [7, 11) is 1.87. The lowest BCUT2D eigenvalue weighted by Gasteiger charge is -2.07. The highest BCUT2D eigenvalue weighted by atomic mass is 32.1. The molecule has 1 heterocycles. The van der Waals surface area contributed by atoms with Crippen molar-refractivity contribution in [3.63, 3.8) is 0 Å². The van der Waals surface area contributed by atoms with E-state index in [9.17, 15) is 15.2 Å². The highest BCUT2D eigenvalue weighted by Crippen LogP contribution is 2.19. The van der Waals surface area contributed by atoms with E-state index < -0.39 is 4.92 Å². The zero-order valence-electron chi connectivity index (χ0n) is 12.0. The molecule has 3 aromatic rings. The molecule has 0 aliphatic rings. The molecule has 0 radical (unpaired) electrons. The van der Waals surface area contributed by atoms with E-state index in [1.165, 1.54) is 29.7 Å². The zero-order valence-corrected chi connectivity index (χ0v) is 12.9. The maximum Gasteiger partial charge on any atom is 0.270 e. The molecule has 3 rings (SSSR count). The minimum absolute atomic E-state index is 0.131. The van der Waals surface area contributed by atoms with Crippen LogP contribution in [0.25, 0.3) is 10.2 Å². The number of hydrogen-bond donors (Lipinski definition) is 0. The Morgan fingerprint density at radius 1 is 1.26 bits per heavy atom. The fourth-order valence-corrected chi connectivity index (χ4v) is 3.04. The molecule has 0 aliphatic heterocycles. The van der Waals surface area contributed by atoms with Crippen molar-refractivity contribution < 1.29 is 10.0 Å². The second-order valence-corrected chi connectivity index (χ2v) is 5.74. The second-order valence-electron chi connectivity index (χ2n) is 4.74. The number of fused-ring (bicyclic) bond motifs is 1. The summed E-state index contributed by atoms with van der Waals surface area (Å²) in [6.45, 7) is 0. The number of aryl methyl sites for hydroxylation is 1. The van der Waals surface area contributed by atoms with Gasteiger partial charge in [-0.25, -0.2) is 0 Å². The molecule has 116 valence electrons. The van der Waals surface area contributed by atoms with Crippen LogP contribution in [0.5, 0.6) is 5.75 Å². The first-order chi connectivity index (χ1) is 11.1. The summed E-state index contributed by atoms with van der Waals surface area (Å²) in [6, 6.07) is 11.4. The van der Waals surface area contributed by atoms with Crippen LogP contribution >= 0.6 is 11.3 Å². The molecule has 0 amide bonds. The Kier molecular flexibility index (Phi) is 3.90. The lowest BCUT2D eigenvalue weighted by molar-refractivity contribution is -0.385. The maximum atomic E-state index is 11.7. The second kappa shape index (κ2) is 6.01. The summed E-state index contributed by atoms with van der Waals surface area (Å²) in [4.78, 5) is 10.8. The van der Waals surface area contributed by atoms with Crippen LogP contribution in [0, 0.1) is 10.1 Å². The zero-order chi connectivity index (χ0) is 16.4. The van der Waals surface area contributed by atoms with Crippen LogP contribution in [0.1, 0.15) is 5.56 Å². The minimum Gasteiger partial charge on any atom is -0.872 e. The third kappa shape index (κ3) is 2.97. The fraction of sp³-hybridized carbons (Fsp3) is 0.0667. The van der Waals surface area contributed by atoms with Gasteiger partial charge in [-0.15, -0.1) is 5.10 Å². The normalized spacial score (nSPS) is 12.3. The Labute approximate surface area is 134 Å². The lowest BCUT2D eigenvalue weighted by atomic mass is 10.2. The number of benzene rings is 2. The summed E-state index contributed by atoms with van der Waals surface area (Å²) in [5.41, 5.74) is 1.01. The van der Waals surface area contributed by atoms with Gasteiger partial charge in [0.25, 0.3) is 5.69 Å². The third-order valence-corrected chi connectivity index (χ3v) is 4.36. The number of rotatable bonds is 3. The molecular formula is C15H11N4O3S-. The van der Waals surface area contributed by atoms with Gasteiger partial charge in [-0.1, -0.05) is 35.3 Å². The number of nitro groups is 1. The predicted octanol–water partition coefficient (Wildman–Crippen LogP) is 2.16. The number of para-hydroxylation sites is 1. The summed E-state index contributed by atoms with van der Waals surface area (Å²) in [5.74, 6) is -0.338. The van der Waals surface area contributed by atoms with Crippen LogP contribution in [0.15, 0.2) is 52.7 Å². The Morgan fingerprint density at radius 2 is 2.04 bits per heavy atom. The SMILES string of the molecule is Cn1/c(=N/N=C\c2cc([N+](=O)[O-])ccc2[O-])sc2ccccc21. The van der Waals surface area contributed by atoms with Gasteiger partial charge in [0.2, 0.25) is 4.80 Å². The van der Waals surface area contributed by atoms with Gasteiger partial charge in [-0.3, -0.25) is 10.1 Å². The van der Waals surface area contributed by atoms with Crippen molar-refractivity contribution in [3.05, 3.63) is 62.9 Å². The first-order valence-corrected chi connectivity index (χ1v) is 7.45. The van der Waals surface area contributed by atoms with E-state index in [0.717, 1.165) is 16.3 Å². The predicted molar refractivity (Wildman–Crippen MR) is 86.5 cm³/mol. The monoisotopic (exact) mass is 327 g/mol. The molecule has 0 bridgehead atoms. The quantitative estimate of drug-likeness (QED) is 0.419. The highest BCUT2D eigenvalue weighted by Gasteiger charge is 2.05. The van der Waals surface area contributed by atoms with Crippen molar-refractivity contribution in [2.75, 3.05) is 0 Å². The molecule has 7 nitrogen and oxygen atoms in total. The van der Waals surface area contributed by atoms with Crippen LogP contribution in [0.3, 0.4) is 0 Å². The number of aromatic nitrogens is 1. The Balaban J connectivity index is 1.98. The highest BCUT2D eigenvalue weighted by molar-refractivity contribution is 7.16. The molecule has 0 atom stereocenters. The molecule has 8 heteroatoms. The van der Waals surface area contributed by atoms with E-state index in [0.29, 0.717) is 4.80 Å². The Bertz CT molecular complexity index is 988. The number of non-ortho nitro benzene ring substituents is 1. The summed E-state index contributed by atoms with van der Waals surface area (Å²) < 4.78 is 2.96. The first-order valence-electron chi connectivity index (χ1n) is 6.63. The lowest BCUT2D eigenvalue weighted by Crippen LogP contribution is -2.09. The Hall–Kier alpha value is -3.00. The molecule has 0 aliphatic carbocycles.